The van der Waals surface area contributed by atoms with Crippen LogP contribution in [0.4, 0.5) is 5.82 Å². The van der Waals surface area contributed by atoms with Crippen molar-refractivity contribution in [2.24, 2.45) is 12.5 Å². The summed E-state index contributed by atoms with van der Waals surface area (Å²) in [6.45, 7) is 11.2. The fraction of sp³-hybridized carbons (Fsp3) is 0.769. The average Bonchev–Trinajstić information content (AvgIpc) is 2.63. The van der Waals surface area contributed by atoms with E-state index in [0.29, 0.717) is 12.1 Å². The molecule has 2 heterocycles. The quantitative estimate of drug-likeness (QED) is 0.804. The number of aryl methyl sites for hydroxylation is 1. The summed E-state index contributed by atoms with van der Waals surface area (Å²) in [7, 11) is 1.97. The number of hydrogen-bond donors (Lipinski definition) is 1. The van der Waals surface area contributed by atoms with Gasteiger partial charge in [-0.1, -0.05) is 20.8 Å². The van der Waals surface area contributed by atoms with E-state index in [-0.39, 0.29) is 5.41 Å². The van der Waals surface area contributed by atoms with E-state index >= 15 is 0 Å². The normalized spacial score (nSPS) is 26.3. The highest BCUT2D eigenvalue weighted by molar-refractivity contribution is 5.39. The molecule has 0 aromatic carbocycles. The van der Waals surface area contributed by atoms with Crippen LogP contribution in [-0.4, -0.2) is 35.0 Å². The Bertz CT molecular complexity index is 377. The Morgan fingerprint density at radius 3 is 2.65 bits per heavy atom. The average molecular weight is 236 g/mol. The zero-order valence-electron chi connectivity index (χ0n) is 11.6. The molecule has 2 atom stereocenters. The van der Waals surface area contributed by atoms with E-state index in [1.165, 1.54) is 0 Å². The molecular weight excluding hydrogens is 212 g/mol. The number of nitrogens with zero attached hydrogens (tertiary/aromatic N) is 3. The van der Waals surface area contributed by atoms with E-state index < -0.39 is 0 Å². The minimum absolute atomic E-state index is 0.285. The Morgan fingerprint density at radius 2 is 2.12 bits per heavy atom. The molecule has 1 saturated heterocycles. The van der Waals surface area contributed by atoms with Crippen LogP contribution in [0.5, 0.6) is 0 Å². The SMILES string of the molecule is CC1CNC(C(C)(C)C)CN1c1ccn(C)n1. The lowest BCUT2D eigenvalue weighted by atomic mass is 9.85. The standard InChI is InChI=1S/C13H24N4/c1-10-8-14-11(13(2,3)4)9-17(10)12-6-7-16(5)15-12/h6-7,10-11,14H,8-9H2,1-5H3. The van der Waals surface area contributed by atoms with Gasteiger partial charge in [-0.25, -0.2) is 0 Å². The minimum atomic E-state index is 0.285. The first-order valence-electron chi connectivity index (χ1n) is 6.37. The molecular formula is C13H24N4. The van der Waals surface area contributed by atoms with Crippen molar-refractivity contribution in [1.82, 2.24) is 15.1 Å². The highest BCUT2D eigenvalue weighted by Gasteiger charge is 2.33. The molecule has 1 aliphatic rings. The van der Waals surface area contributed by atoms with Gasteiger partial charge in [0.2, 0.25) is 0 Å². The van der Waals surface area contributed by atoms with Crippen molar-refractivity contribution in [1.29, 1.82) is 0 Å². The number of piperazine rings is 1. The van der Waals surface area contributed by atoms with Gasteiger partial charge in [-0.2, -0.15) is 5.10 Å². The number of anilines is 1. The predicted molar refractivity (Wildman–Crippen MR) is 71.3 cm³/mol. The smallest absolute Gasteiger partial charge is 0.150 e. The van der Waals surface area contributed by atoms with Crippen molar-refractivity contribution in [2.75, 3.05) is 18.0 Å². The third-order valence-electron chi connectivity index (χ3n) is 3.61. The van der Waals surface area contributed by atoms with Crippen LogP contribution in [-0.2, 0) is 7.05 Å². The van der Waals surface area contributed by atoms with Crippen molar-refractivity contribution >= 4 is 5.82 Å². The van der Waals surface area contributed by atoms with Crippen LogP contribution in [0, 0.1) is 5.41 Å². The zero-order chi connectivity index (χ0) is 12.6. The van der Waals surface area contributed by atoms with Crippen molar-refractivity contribution < 1.29 is 0 Å². The third kappa shape index (κ3) is 2.63. The summed E-state index contributed by atoms with van der Waals surface area (Å²) in [6.07, 6.45) is 2.01. The van der Waals surface area contributed by atoms with E-state index in [0.717, 1.165) is 18.9 Å². The Hall–Kier alpha value is -1.03. The van der Waals surface area contributed by atoms with Crippen LogP contribution in [0.25, 0.3) is 0 Å². The molecule has 0 radical (unpaired) electrons. The maximum Gasteiger partial charge on any atom is 0.150 e. The van der Waals surface area contributed by atoms with Gasteiger partial charge in [-0.15, -0.1) is 0 Å². The second-order valence-corrected chi connectivity index (χ2v) is 6.18. The Labute approximate surface area is 104 Å². The minimum Gasteiger partial charge on any atom is -0.350 e. The van der Waals surface area contributed by atoms with Crippen LogP contribution in [0.1, 0.15) is 27.7 Å². The molecule has 1 N–H and O–H groups in total. The van der Waals surface area contributed by atoms with Crippen LogP contribution in [0.3, 0.4) is 0 Å². The predicted octanol–water partition coefficient (Wildman–Crippen LogP) is 1.63. The van der Waals surface area contributed by atoms with Gasteiger partial charge in [0, 0.05) is 44.5 Å². The van der Waals surface area contributed by atoms with E-state index in [2.05, 4.69) is 49.1 Å². The lowest BCUT2D eigenvalue weighted by molar-refractivity contribution is 0.238. The molecule has 0 spiro atoms. The fourth-order valence-corrected chi connectivity index (χ4v) is 2.32. The van der Waals surface area contributed by atoms with E-state index in [9.17, 15) is 0 Å². The topological polar surface area (TPSA) is 33.1 Å². The number of nitrogens with one attached hydrogen (secondary N) is 1. The van der Waals surface area contributed by atoms with Crippen LogP contribution in [0.15, 0.2) is 12.3 Å². The Kier molecular flexibility index (Phi) is 3.17. The first-order valence-corrected chi connectivity index (χ1v) is 6.37. The molecule has 0 amide bonds. The Balaban J connectivity index is 2.15. The lowest BCUT2D eigenvalue weighted by Crippen LogP contribution is -2.59. The highest BCUT2D eigenvalue weighted by Crippen LogP contribution is 2.26. The second kappa shape index (κ2) is 4.33. The molecule has 1 aromatic heterocycles. The van der Waals surface area contributed by atoms with Crippen LogP contribution in [0.2, 0.25) is 0 Å². The number of hydrogen-bond acceptors (Lipinski definition) is 3. The first kappa shape index (κ1) is 12.4. The zero-order valence-corrected chi connectivity index (χ0v) is 11.6. The molecule has 0 bridgehead atoms. The van der Waals surface area contributed by atoms with Crippen molar-refractivity contribution in [3.63, 3.8) is 0 Å². The van der Waals surface area contributed by atoms with Gasteiger partial charge in [0.1, 0.15) is 0 Å². The summed E-state index contributed by atoms with van der Waals surface area (Å²) in [6, 6.07) is 3.12. The van der Waals surface area contributed by atoms with Crippen molar-refractivity contribution in [3.05, 3.63) is 12.3 Å². The summed E-state index contributed by atoms with van der Waals surface area (Å²) in [4.78, 5) is 2.41. The molecule has 4 heteroatoms. The van der Waals surface area contributed by atoms with E-state index in [4.69, 9.17) is 0 Å². The molecule has 1 aliphatic heterocycles. The van der Waals surface area contributed by atoms with Crippen molar-refractivity contribution in [2.45, 2.75) is 39.8 Å². The van der Waals surface area contributed by atoms with Gasteiger partial charge < -0.3 is 10.2 Å². The summed E-state index contributed by atoms with van der Waals surface area (Å²) >= 11 is 0. The molecule has 96 valence electrons. The number of aromatic nitrogens is 2. The summed E-state index contributed by atoms with van der Waals surface area (Å²) in [5.41, 5.74) is 0.285. The van der Waals surface area contributed by atoms with Gasteiger partial charge >= 0.3 is 0 Å². The van der Waals surface area contributed by atoms with Gasteiger partial charge in [-0.05, 0) is 12.3 Å². The number of rotatable bonds is 1. The Morgan fingerprint density at radius 1 is 1.41 bits per heavy atom. The van der Waals surface area contributed by atoms with Crippen LogP contribution < -0.4 is 10.2 Å². The van der Waals surface area contributed by atoms with Gasteiger partial charge in [0.25, 0.3) is 0 Å². The monoisotopic (exact) mass is 236 g/mol. The van der Waals surface area contributed by atoms with Gasteiger partial charge in [0.05, 0.1) is 0 Å². The maximum absolute atomic E-state index is 4.52. The summed E-state index contributed by atoms with van der Waals surface area (Å²) < 4.78 is 1.87. The summed E-state index contributed by atoms with van der Waals surface area (Å²) in [5.74, 6) is 1.09. The second-order valence-electron chi connectivity index (χ2n) is 6.18. The fourth-order valence-electron chi connectivity index (χ4n) is 2.32. The molecule has 1 fully saturated rings. The maximum atomic E-state index is 4.52. The lowest BCUT2D eigenvalue weighted by Gasteiger charge is -2.44. The van der Waals surface area contributed by atoms with Gasteiger partial charge in [-0.3, -0.25) is 4.68 Å². The molecule has 0 saturated carbocycles. The van der Waals surface area contributed by atoms with Crippen molar-refractivity contribution in [3.8, 4) is 0 Å². The first-order chi connectivity index (χ1) is 7.88. The largest absolute Gasteiger partial charge is 0.350 e. The molecule has 0 aliphatic carbocycles. The molecule has 4 nitrogen and oxygen atoms in total. The third-order valence-corrected chi connectivity index (χ3v) is 3.61. The molecule has 2 rings (SSSR count). The van der Waals surface area contributed by atoms with E-state index in [1.54, 1.807) is 0 Å². The molecule has 1 aromatic rings. The van der Waals surface area contributed by atoms with Gasteiger partial charge in [0.15, 0.2) is 5.82 Å². The molecule has 2 unspecified atom stereocenters. The summed E-state index contributed by atoms with van der Waals surface area (Å²) in [5, 5.41) is 8.16. The van der Waals surface area contributed by atoms with Crippen LogP contribution >= 0.6 is 0 Å². The highest BCUT2D eigenvalue weighted by atomic mass is 15.4. The molecule has 17 heavy (non-hydrogen) atoms. The van der Waals surface area contributed by atoms with E-state index in [1.807, 2.05) is 17.9 Å².